The summed E-state index contributed by atoms with van der Waals surface area (Å²) in [4.78, 5) is 23.4. The van der Waals surface area contributed by atoms with Gasteiger partial charge in [0.2, 0.25) is 0 Å². The van der Waals surface area contributed by atoms with Crippen molar-refractivity contribution in [1.29, 1.82) is 0 Å². The van der Waals surface area contributed by atoms with E-state index in [4.69, 9.17) is 4.74 Å². The predicted molar refractivity (Wildman–Crippen MR) is 97.3 cm³/mol. The zero-order chi connectivity index (χ0) is 20.8. The van der Waals surface area contributed by atoms with Gasteiger partial charge < -0.3 is 15.2 Å². The summed E-state index contributed by atoms with van der Waals surface area (Å²) in [5, 5.41) is 11.4. The third kappa shape index (κ3) is 3.32. The molecule has 0 aromatic heterocycles. The summed E-state index contributed by atoms with van der Waals surface area (Å²) in [7, 11) is 0. The summed E-state index contributed by atoms with van der Waals surface area (Å²) < 4.78 is 43.8. The third-order valence-corrected chi connectivity index (χ3v) is 5.79. The van der Waals surface area contributed by atoms with Crippen molar-refractivity contribution < 1.29 is 32.6 Å². The molecule has 2 atom stereocenters. The third-order valence-electron chi connectivity index (χ3n) is 5.79. The zero-order valence-corrected chi connectivity index (χ0v) is 15.2. The highest BCUT2D eigenvalue weighted by molar-refractivity contribution is 5.81. The Morgan fingerprint density at radius 2 is 1.62 bits per heavy atom. The molecule has 0 aliphatic heterocycles. The van der Waals surface area contributed by atoms with Crippen molar-refractivity contribution in [2.24, 2.45) is 11.3 Å². The van der Waals surface area contributed by atoms with Crippen molar-refractivity contribution >= 4 is 12.1 Å². The van der Waals surface area contributed by atoms with Gasteiger partial charge in [0, 0.05) is 12.5 Å². The van der Waals surface area contributed by atoms with Crippen molar-refractivity contribution in [1.82, 2.24) is 5.32 Å². The van der Waals surface area contributed by atoms with Gasteiger partial charge in [0.1, 0.15) is 6.61 Å². The van der Waals surface area contributed by atoms with E-state index in [0.717, 1.165) is 22.3 Å². The molecule has 1 amide bonds. The van der Waals surface area contributed by atoms with Crippen LogP contribution in [-0.2, 0) is 9.53 Å². The number of halogens is 3. The maximum Gasteiger partial charge on any atom is 0.407 e. The first-order valence-electron chi connectivity index (χ1n) is 9.13. The number of carbonyl (C=O) groups is 2. The maximum absolute atomic E-state index is 12.8. The average Bonchev–Trinajstić information content (AvgIpc) is 3.37. The van der Waals surface area contributed by atoms with E-state index in [-0.39, 0.29) is 12.5 Å². The van der Waals surface area contributed by atoms with Gasteiger partial charge in [-0.05, 0) is 28.7 Å². The van der Waals surface area contributed by atoms with Crippen LogP contribution in [0.3, 0.4) is 0 Å². The number of carbonyl (C=O) groups excluding carboxylic acids is 1. The molecule has 0 bridgehead atoms. The molecule has 1 saturated carbocycles. The predicted octanol–water partition coefficient (Wildman–Crippen LogP) is 4.18. The molecule has 4 rings (SSSR count). The normalized spacial score (nSPS) is 22.5. The fourth-order valence-electron chi connectivity index (χ4n) is 4.12. The second kappa shape index (κ2) is 6.79. The van der Waals surface area contributed by atoms with Gasteiger partial charge in [0.15, 0.2) is 0 Å². The standard InChI is InChI=1S/C21H18F3NO4/c22-21(23,24)17-9-20(17,18(26)27)11-25-19(28)29-10-16-14-7-3-1-5-12(14)13-6-2-4-8-15(13)16/h1-8,16-17H,9-11H2,(H,25,28)(H,26,27)/t17-,20+/m0/s1. The monoisotopic (exact) mass is 405 g/mol. The molecule has 0 radical (unpaired) electrons. The number of rotatable bonds is 5. The molecule has 0 saturated heterocycles. The van der Waals surface area contributed by atoms with Crippen molar-refractivity contribution in [2.45, 2.75) is 18.5 Å². The lowest BCUT2D eigenvalue weighted by atomic mass is 9.98. The van der Waals surface area contributed by atoms with Gasteiger partial charge in [0.05, 0.1) is 11.3 Å². The molecule has 29 heavy (non-hydrogen) atoms. The SMILES string of the molecule is O=C(NC[C@]1(C(=O)O)C[C@@H]1C(F)(F)F)OCC1c2ccccc2-c2ccccc21. The number of amides is 1. The van der Waals surface area contributed by atoms with Crippen LogP contribution in [0, 0.1) is 11.3 Å². The van der Waals surface area contributed by atoms with Gasteiger partial charge in [0.25, 0.3) is 0 Å². The Morgan fingerprint density at radius 1 is 1.07 bits per heavy atom. The molecule has 5 nitrogen and oxygen atoms in total. The van der Waals surface area contributed by atoms with Crippen molar-refractivity contribution in [3.05, 3.63) is 59.7 Å². The van der Waals surface area contributed by atoms with Gasteiger partial charge in [-0.15, -0.1) is 0 Å². The number of fused-ring (bicyclic) bond motifs is 3. The van der Waals surface area contributed by atoms with Crippen LogP contribution in [0.4, 0.5) is 18.0 Å². The summed E-state index contributed by atoms with van der Waals surface area (Å²) >= 11 is 0. The summed E-state index contributed by atoms with van der Waals surface area (Å²) in [5.41, 5.74) is 2.09. The number of alkyl halides is 3. The van der Waals surface area contributed by atoms with Crippen LogP contribution in [0.5, 0.6) is 0 Å². The molecule has 2 aliphatic carbocycles. The lowest BCUT2D eigenvalue weighted by Gasteiger charge is -2.17. The first-order valence-corrected chi connectivity index (χ1v) is 9.13. The molecule has 2 aliphatic rings. The number of hydrogen-bond donors (Lipinski definition) is 2. The lowest BCUT2D eigenvalue weighted by Crippen LogP contribution is -2.38. The van der Waals surface area contributed by atoms with E-state index in [1.807, 2.05) is 48.5 Å². The quantitative estimate of drug-likeness (QED) is 0.783. The largest absolute Gasteiger partial charge is 0.481 e. The van der Waals surface area contributed by atoms with Crippen LogP contribution in [0.1, 0.15) is 23.5 Å². The number of hydrogen-bond acceptors (Lipinski definition) is 3. The number of aliphatic carboxylic acids is 1. The smallest absolute Gasteiger partial charge is 0.407 e. The Bertz CT molecular complexity index is 929. The van der Waals surface area contributed by atoms with Crippen LogP contribution in [-0.4, -0.2) is 36.5 Å². The molecule has 2 N–H and O–H groups in total. The molecule has 0 heterocycles. The van der Waals surface area contributed by atoms with Crippen LogP contribution >= 0.6 is 0 Å². The highest BCUT2D eigenvalue weighted by atomic mass is 19.4. The number of carboxylic acids is 1. The lowest BCUT2D eigenvalue weighted by molar-refractivity contribution is -0.168. The molecule has 152 valence electrons. The number of alkyl carbamates (subject to hydrolysis) is 1. The molecule has 0 spiro atoms. The van der Waals surface area contributed by atoms with E-state index in [0.29, 0.717) is 0 Å². The minimum atomic E-state index is -4.61. The Morgan fingerprint density at radius 3 is 2.10 bits per heavy atom. The van der Waals surface area contributed by atoms with E-state index in [1.54, 1.807) is 0 Å². The highest BCUT2D eigenvalue weighted by Gasteiger charge is 2.71. The van der Waals surface area contributed by atoms with E-state index in [2.05, 4.69) is 5.32 Å². The first kappa shape index (κ1) is 19.3. The van der Waals surface area contributed by atoms with Gasteiger partial charge in [-0.25, -0.2) is 4.79 Å². The number of ether oxygens (including phenoxy) is 1. The second-order valence-electron chi connectivity index (χ2n) is 7.44. The second-order valence-corrected chi connectivity index (χ2v) is 7.44. The van der Waals surface area contributed by atoms with Crippen molar-refractivity contribution in [3.8, 4) is 11.1 Å². The fourth-order valence-corrected chi connectivity index (χ4v) is 4.12. The topological polar surface area (TPSA) is 75.6 Å². The molecule has 2 aromatic rings. The fraction of sp³-hybridized carbons (Fsp3) is 0.333. The van der Waals surface area contributed by atoms with Crippen LogP contribution < -0.4 is 5.32 Å². The molecule has 1 fully saturated rings. The summed E-state index contributed by atoms with van der Waals surface area (Å²) in [6, 6.07) is 15.5. The molecule has 2 aromatic carbocycles. The van der Waals surface area contributed by atoms with E-state index in [9.17, 15) is 27.9 Å². The van der Waals surface area contributed by atoms with E-state index >= 15 is 0 Å². The van der Waals surface area contributed by atoms with Crippen LogP contribution in [0.15, 0.2) is 48.5 Å². The van der Waals surface area contributed by atoms with E-state index in [1.165, 1.54) is 0 Å². The average molecular weight is 405 g/mol. The van der Waals surface area contributed by atoms with Crippen molar-refractivity contribution in [2.75, 3.05) is 13.2 Å². The number of benzene rings is 2. The van der Waals surface area contributed by atoms with Gasteiger partial charge in [-0.1, -0.05) is 48.5 Å². The maximum atomic E-state index is 12.8. The Balaban J connectivity index is 1.40. The highest BCUT2D eigenvalue weighted by Crippen LogP contribution is 2.60. The molecular formula is C21H18F3NO4. The van der Waals surface area contributed by atoms with Crippen molar-refractivity contribution in [3.63, 3.8) is 0 Å². The molecule has 8 heteroatoms. The Kier molecular flexibility index (Phi) is 4.52. The Labute approximate surface area is 164 Å². The summed E-state index contributed by atoms with van der Waals surface area (Å²) in [5.74, 6) is -3.72. The van der Waals surface area contributed by atoms with Crippen LogP contribution in [0.2, 0.25) is 0 Å². The van der Waals surface area contributed by atoms with Crippen LogP contribution in [0.25, 0.3) is 11.1 Å². The number of nitrogens with one attached hydrogen (secondary N) is 1. The first-order chi connectivity index (χ1) is 13.7. The zero-order valence-electron chi connectivity index (χ0n) is 15.2. The minimum Gasteiger partial charge on any atom is -0.481 e. The minimum absolute atomic E-state index is 0.00261. The molecule has 0 unspecified atom stereocenters. The van der Waals surface area contributed by atoms with Gasteiger partial charge in [-0.2, -0.15) is 13.2 Å². The van der Waals surface area contributed by atoms with Gasteiger partial charge >= 0.3 is 18.2 Å². The summed E-state index contributed by atoms with van der Waals surface area (Å²) in [6.45, 7) is -0.619. The van der Waals surface area contributed by atoms with Gasteiger partial charge in [-0.3, -0.25) is 4.79 Å². The number of carboxylic acid groups (broad SMARTS) is 1. The summed E-state index contributed by atoms with van der Waals surface area (Å²) in [6.07, 6.45) is -6.09. The molecular weight excluding hydrogens is 387 g/mol. The van der Waals surface area contributed by atoms with E-state index < -0.39 is 42.5 Å². The Hall–Kier alpha value is -3.03.